The van der Waals surface area contributed by atoms with Crippen LogP contribution in [0.1, 0.15) is 11.6 Å². The van der Waals surface area contributed by atoms with Crippen LogP contribution in [0.15, 0.2) is 18.2 Å². The van der Waals surface area contributed by atoms with Gasteiger partial charge in [0.1, 0.15) is 18.1 Å². The molecule has 1 aromatic carbocycles. The Morgan fingerprint density at radius 2 is 1.65 bits per heavy atom. The van der Waals surface area contributed by atoms with E-state index in [1.54, 1.807) is 25.2 Å². The Morgan fingerprint density at radius 3 is 2.05 bits per heavy atom. The normalized spacial score (nSPS) is 13.1. The molecule has 20 heavy (non-hydrogen) atoms. The van der Waals surface area contributed by atoms with E-state index in [2.05, 4.69) is 10.1 Å². The van der Waals surface area contributed by atoms with E-state index in [1.165, 1.54) is 14.2 Å². The van der Waals surface area contributed by atoms with Crippen molar-refractivity contribution in [2.24, 2.45) is 0 Å². The molecule has 0 heterocycles. The average Bonchev–Trinajstić information content (AvgIpc) is 2.41. The number of rotatable bonds is 7. The number of nitrogens with one attached hydrogen (secondary N) is 1. The summed E-state index contributed by atoms with van der Waals surface area (Å²) < 4.78 is 51.1. The van der Waals surface area contributed by atoms with Gasteiger partial charge in [-0.3, -0.25) is 0 Å². The number of benzene rings is 1. The Hall–Kier alpha value is -1.47. The zero-order chi connectivity index (χ0) is 15.2. The molecule has 0 radical (unpaired) electrons. The smallest absolute Gasteiger partial charge is 0.411 e. The van der Waals surface area contributed by atoms with E-state index in [0.29, 0.717) is 11.5 Å². The molecule has 0 aliphatic heterocycles. The monoisotopic (exact) mass is 293 g/mol. The fourth-order valence-electron chi connectivity index (χ4n) is 1.67. The van der Waals surface area contributed by atoms with Crippen molar-refractivity contribution in [2.45, 2.75) is 12.2 Å². The van der Waals surface area contributed by atoms with Crippen LogP contribution in [0.3, 0.4) is 0 Å². The van der Waals surface area contributed by atoms with Gasteiger partial charge in [0.2, 0.25) is 0 Å². The van der Waals surface area contributed by atoms with Crippen LogP contribution in [0.5, 0.6) is 11.5 Å². The Bertz CT molecular complexity index is 402. The minimum absolute atomic E-state index is 0.105. The number of methoxy groups -OCH3 is 2. The number of hydrogen-bond donors (Lipinski definition) is 1. The molecule has 1 atom stereocenters. The van der Waals surface area contributed by atoms with Gasteiger partial charge in [0, 0.05) is 6.07 Å². The van der Waals surface area contributed by atoms with E-state index in [1.807, 2.05) is 0 Å². The quantitative estimate of drug-likeness (QED) is 0.838. The van der Waals surface area contributed by atoms with Crippen LogP contribution in [-0.4, -0.2) is 40.7 Å². The summed E-state index contributed by atoms with van der Waals surface area (Å²) in [4.78, 5) is 0. The molecular formula is C13H18F3NO3. The second-order valence-electron chi connectivity index (χ2n) is 4.12. The molecule has 1 aromatic rings. The summed E-state index contributed by atoms with van der Waals surface area (Å²) in [6, 6.07) is 4.75. The van der Waals surface area contributed by atoms with Crippen molar-refractivity contribution in [1.29, 1.82) is 0 Å². The molecule has 1 N–H and O–H groups in total. The topological polar surface area (TPSA) is 39.7 Å². The van der Waals surface area contributed by atoms with E-state index in [0.717, 1.165) is 5.56 Å². The van der Waals surface area contributed by atoms with Crippen molar-refractivity contribution in [3.63, 3.8) is 0 Å². The predicted octanol–water partition coefficient (Wildman–Crippen LogP) is 2.54. The first kappa shape index (κ1) is 16.6. The molecule has 0 amide bonds. The lowest BCUT2D eigenvalue weighted by Crippen LogP contribution is -2.25. The minimum Gasteiger partial charge on any atom is -0.497 e. The van der Waals surface area contributed by atoms with Crippen LogP contribution in [0, 0.1) is 0 Å². The maximum Gasteiger partial charge on any atom is 0.411 e. The summed E-state index contributed by atoms with van der Waals surface area (Å²) in [6.07, 6.45) is -4.33. The van der Waals surface area contributed by atoms with Crippen molar-refractivity contribution >= 4 is 0 Å². The molecule has 1 unspecified atom stereocenters. The van der Waals surface area contributed by atoms with Gasteiger partial charge in [-0.1, -0.05) is 0 Å². The summed E-state index contributed by atoms with van der Waals surface area (Å²) in [5.74, 6) is 1.13. The van der Waals surface area contributed by atoms with Gasteiger partial charge in [-0.15, -0.1) is 0 Å². The van der Waals surface area contributed by atoms with Gasteiger partial charge < -0.3 is 19.5 Å². The third-order valence-electron chi connectivity index (χ3n) is 2.67. The highest BCUT2D eigenvalue weighted by Crippen LogP contribution is 2.27. The second kappa shape index (κ2) is 7.35. The molecule has 7 heteroatoms. The number of ether oxygens (including phenoxy) is 3. The summed E-state index contributed by atoms with van der Waals surface area (Å²) in [5, 5.41) is 2.90. The number of alkyl halides is 3. The molecule has 0 fully saturated rings. The maximum absolute atomic E-state index is 12.1. The zero-order valence-corrected chi connectivity index (χ0v) is 11.6. The van der Waals surface area contributed by atoms with Gasteiger partial charge >= 0.3 is 6.18 Å². The fourth-order valence-corrected chi connectivity index (χ4v) is 1.67. The molecule has 1 rings (SSSR count). The SMILES string of the molecule is CNC(COCC(F)(F)F)c1cc(OC)cc(OC)c1. The summed E-state index contributed by atoms with van der Waals surface area (Å²) in [5.41, 5.74) is 0.728. The van der Waals surface area contributed by atoms with Crippen molar-refractivity contribution < 1.29 is 27.4 Å². The highest BCUT2D eigenvalue weighted by Gasteiger charge is 2.28. The van der Waals surface area contributed by atoms with E-state index in [9.17, 15) is 13.2 Å². The summed E-state index contributed by atoms with van der Waals surface area (Å²) >= 11 is 0. The molecule has 0 saturated carbocycles. The molecule has 0 bridgehead atoms. The Kier molecular flexibility index (Phi) is 6.09. The highest BCUT2D eigenvalue weighted by molar-refractivity contribution is 5.39. The van der Waals surface area contributed by atoms with Gasteiger partial charge in [0.25, 0.3) is 0 Å². The summed E-state index contributed by atoms with van der Waals surface area (Å²) in [6.45, 7) is -1.38. The zero-order valence-electron chi connectivity index (χ0n) is 11.6. The largest absolute Gasteiger partial charge is 0.497 e. The molecule has 114 valence electrons. The molecule has 0 saturated heterocycles. The van der Waals surface area contributed by atoms with Gasteiger partial charge in [-0.25, -0.2) is 0 Å². The lowest BCUT2D eigenvalue weighted by atomic mass is 10.1. The first-order chi connectivity index (χ1) is 9.39. The van der Waals surface area contributed by atoms with Gasteiger partial charge in [0.15, 0.2) is 0 Å². The van der Waals surface area contributed by atoms with E-state index in [-0.39, 0.29) is 12.6 Å². The van der Waals surface area contributed by atoms with Crippen molar-refractivity contribution in [1.82, 2.24) is 5.32 Å². The van der Waals surface area contributed by atoms with Crippen molar-refractivity contribution in [3.05, 3.63) is 23.8 Å². The van der Waals surface area contributed by atoms with Gasteiger partial charge in [0.05, 0.1) is 26.9 Å². The predicted molar refractivity (Wildman–Crippen MR) is 68.2 cm³/mol. The molecule has 0 aromatic heterocycles. The minimum atomic E-state index is -4.33. The first-order valence-electron chi connectivity index (χ1n) is 5.94. The maximum atomic E-state index is 12.1. The molecule has 0 spiro atoms. The van der Waals surface area contributed by atoms with Crippen LogP contribution in [0.2, 0.25) is 0 Å². The molecule has 0 aliphatic carbocycles. The second-order valence-corrected chi connectivity index (χ2v) is 4.12. The Morgan fingerprint density at radius 1 is 1.10 bits per heavy atom. The third kappa shape index (κ3) is 5.26. The van der Waals surface area contributed by atoms with Gasteiger partial charge in [-0.05, 0) is 24.7 Å². The van der Waals surface area contributed by atoms with Crippen LogP contribution >= 0.6 is 0 Å². The van der Waals surface area contributed by atoms with Crippen LogP contribution in [-0.2, 0) is 4.74 Å². The van der Waals surface area contributed by atoms with E-state index in [4.69, 9.17) is 9.47 Å². The van der Waals surface area contributed by atoms with Crippen LogP contribution in [0.25, 0.3) is 0 Å². The first-order valence-corrected chi connectivity index (χ1v) is 5.94. The van der Waals surface area contributed by atoms with Crippen LogP contribution in [0.4, 0.5) is 13.2 Å². The third-order valence-corrected chi connectivity index (χ3v) is 2.67. The van der Waals surface area contributed by atoms with Gasteiger partial charge in [-0.2, -0.15) is 13.2 Å². The summed E-state index contributed by atoms with van der Waals surface area (Å²) in [7, 11) is 4.66. The lowest BCUT2D eigenvalue weighted by molar-refractivity contribution is -0.175. The van der Waals surface area contributed by atoms with Crippen LogP contribution < -0.4 is 14.8 Å². The Labute approximate surface area is 115 Å². The molecule has 0 aliphatic rings. The lowest BCUT2D eigenvalue weighted by Gasteiger charge is -2.19. The van der Waals surface area contributed by atoms with Crippen molar-refractivity contribution in [3.8, 4) is 11.5 Å². The van der Waals surface area contributed by atoms with Crippen molar-refractivity contribution in [2.75, 3.05) is 34.5 Å². The Balaban J connectivity index is 2.78. The molecule has 4 nitrogen and oxygen atoms in total. The molecular weight excluding hydrogens is 275 g/mol. The van der Waals surface area contributed by atoms with E-state index >= 15 is 0 Å². The van der Waals surface area contributed by atoms with E-state index < -0.39 is 12.8 Å². The fraction of sp³-hybridized carbons (Fsp3) is 0.538. The average molecular weight is 293 g/mol. The number of hydrogen-bond acceptors (Lipinski definition) is 4. The number of halogens is 3. The number of likely N-dealkylation sites (N-methyl/N-ethyl adjacent to an activating group) is 1. The standard InChI is InChI=1S/C13H18F3NO3/c1-17-12(7-20-8-13(14,15)16)9-4-10(18-2)6-11(5-9)19-3/h4-6,12,17H,7-8H2,1-3H3. The highest BCUT2D eigenvalue weighted by atomic mass is 19.4.